The van der Waals surface area contributed by atoms with Crippen LogP contribution in [0.1, 0.15) is 22.7 Å². The van der Waals surface area contributed by atoms with Crippen molar-refractivity contribution in [3.8, 4) is 5.75 Å². The average molecular weight is 432 g/mol. The largest absolute Gasteiger partial charge is 0.508 e. The lowest BCUT2D eigenvalue weighted by Crippen LogP contribution is -2.28. The number of pyridine rings is 1. The number of hydrogen-bond donors (Lipinski definition) is 2. The summed E-state index contributed by atoms with van der Waals surface area (Å²) in [5, 5.41) is 15.7. The Bertz CT molecular complexity index is 898. The molecule has 2 N–H and O–H groups in total. The van der Waals surface area contributed by atoms with Gasteiger partial charge in [-0.3, -0.25) is 4.98 Å². The molecule has 3 aromatic rings. The van der Waals surface area contributed by atoms with Crippen LogP contribution in [0, 0.1) is 0 Å². The number of aromatic nitrogens is 1. The van der Waals surface area contributed by atoms with Gasteiger partial charge in [-0.25, -0.2) is 0 Å². The molecule has 0 aliphatic carbocycles. The van der Waals surface area contributed by atoms with Crippen LogP contribution in [-0.4, -0.2) is 15.2 Å². The Morgan fingerprint density at radius 2 is 2.00 bits per heavy atom. The Balaban J connectivity index is 1.81. The first kappa shape index (κ1) is 16.5. The minimum atomic E-state index is -0.0481. The zero-order valence-corrected chi connectivity index (χ0v) is 16.2. The SMILES string of the molecule is Oc1ccc(N2C(=S)N[C@@H](c3ccccn3)[C@@H]2c2cc(Br)cs2)cc1. The fraction of sp³-hybridized carbons (Fsp3) is 0.111. The Kier molecular flexibility index (Phi) is 4.45. The predicted octanol–water partition coefficient (Wildman–Crippen LogP) is 4.79. The number of thiophene rings is 1. The first-order chi connectivity index (χ1) is 12.1. The summed E-state index contributed by atoms with van der Waals surface area (Å²) < 4.78 is 1.05. The normalized spacial score (nSPS) is 19.9. The molecule has 0 amide bonds. The molecule has 126 valence electrons. The third-order valence-corrected chi connectivity index (χ3v) is 6.18. The maximum atomic E-state index is 9.60. The Labute approximate surface area is 163 Å². The Hall–Kier alpha value is -1.96. The van der Waals surface area contributed by atoms with Crippen LogP contribution in [0.3, 0.4) is 0 Å². The van der Waals surface area contributed by atoms with Crippen molar-refractivity contribution in [3.05, 3.63) is 75.2 Å². The van der Waals surface area contributed by atoms with Gasteiger partial charge in [0, 0.05) is 26.6 Å². The van der Waals surface area contributed by atoms with Crippen molar-refractivity contribution in [2.24, 2.45) is 0 Å². The van der Waals surface area contributed by atoms with E-state index in [2.05, 4.69) is 42.6 Å². The molecule has 0 spiro atoms. The fourth-order valence-electron chi connectivity index (χ4n) is 3.02. The molecule has 1 aliphatic rings. The van der Waals surface area contributed by atoms with Crippen molar-refractivity contribution in [2.45, 2.75) is 12.1 Å². The molecule has 25 heavy (non-hydrogen) atoms. The number of thiocarbonyl (C=S) groups is 1. The Morgan fingerprint density at radius 3 is 2.64 bits per heavy atom. The van der Waals surface area contributed by atoms with Gasteiger partial charge in [-0.2, -0.15) is 0 Å². The lowest BCUT2D eigenvalue weighted by Gasteiger charge is -2.26. The number of phenolic OH excluding ortho intramolecular Hbond substituents is 1. The number of nitrogens with one attached hydrogen (secondary N) is 1. The molecule has 0 saturated carbocycles. The highest BCUT2D eigenvalue weighted by atomic mass is 79.9. The van der Waals surface area contributed by atoms with Gasteiger partial charge < -0.3 is 15.3 Å². The zero-order valence-electron chi connectivity index (χ0n) is 13.0. The van der Waals surface area contributed by atoms with E-state index < -0.39 is 0 Å². The van der Waals surface area contributed by atoms with Gasteiger partial charge in [-0.05, 0) is 70.6 Å². The Morgan fingerprint density at radius 1 is 1.20 bits per heavy atom. The van der Waals surface area contributed by atoms with E-state index in [1.165, 1.54) is 4.88 Å². The summed E-state index contributed by atoms with van der Waals surface area (Å²) in [7, 11) is 0. The first-order valence-corrected chi connectivity index (χ1v) is 9.75. The number of rotatable bonds is 3. The van der Waals surface area contributed by atoms with Crippen molar-refractivity contribution in [1.29, 1.82) is 0 Å². The van der Waals surface area contributed by atoms with Crippen molar-refractivity contribution in [1.82, 2.24) is 10.3 Å². The quantitative estimate of drug-likeness (QED) is 0.583. The van der Waals surface area contributed by atoms with Gasteiger partial charge in [-0.1, -0.05) is 6.07 Å². The van der Waals surface area contributed by atoms with Gasteiger partial charge in [0.1, 0.15) is 5.75 Å². The van der Waals surface area contributed by atoms with Gasteiger partial charge in [0.2, 0.25) is 0 Å². The summed E-state index contributed by atoms with van der Waals surface area (Å²) in [6.07, 6.45) is 1.80. The second kappa shape index (κ2) is 6.74. The second-order valence-corrected chi connectivity index (χ2v) is 7.93. The van der Waals surface area contributed by atoms with Crippen LogP contribution in [0.15, 0.2) is 64.6 Å². The van der Waals surface area contributed by atoms with Crippen LogP contribution >= 0.6 is 39.5 Å². The molecular formula is C18H14BrN3OS2. The number of hydrogen-bond acceptors (Lipinski definition) is 4. The molecule has 1 saturated heterocycles. The monoisotopic (exact) mass is 431 g/mol. The van der Waals surface area contributed by atoms with Crippen molar-refractivity contribution >= 4 is 50.3 Å². The lowest BCUT2D eigenvalue weighted by atomic mass is 10.0. The standard InChI is InChI=1S/C18H14BrN3OS2/c19-11-9-15(25-10-11)17-16(14-3-1-2-8-20-14)21-18(24)22(17)12-4-6-13(23)7-5-12/h1-10,16-17,23H,(H,21,24)/t16-,17-/m0/s1. The zero-order chi connectivity index (χ0) is 17.4. The molecule has 2 aromatic heterocycles. The number of phenols is 1. The highest BCUT2D eigenvalue weighted by molar-refractivity contribution is 9.10. The van der Waals surface area contributed by atoms with Crippen LogP contribution in [0.5, 0.6) is 5.75 Å². The number of anilines is 1. The second-order valence-electron chi connectivity index (χ2n) is 5.68. The van der Waals surface area contributed by atoms with Crippen LogP contribution in [0.4, 0.5) is 5.69 Å². The summed E-state index contributed by atoms with van der Waals surface area (Å²) in [4.78, 5) is 7.80. The molecule has 4 nitrogen and oxygen atoms in total. The van der Waals surface area contributed by atoms with Gasteiger partial charge in [0.05, 0.1) is 17.8 Å². The van der Waals surface area contributed by atoms with Gasteiger partial charge in [0.15, 0.2) is 5.11 Å². The van der Waals surface area contributed by atoms with Gasteiger partial charge in [-0.15, -0.1) is 11.3 Å². The van der Waals surface area contributed by atoms with E-state index in [0.29, 0.717) is 5.11 Å². The molecule has 1 fully saturated rings. The molecule has 1 aromatic carbocycles. The molecule has 0 bridgehead atoms. The molecule has 0 unspecified atom stereocenters. The summed E-state index contributed by atoms with van der Waals surface area (Å²) in [6, 6.07) is 15.1. The molecular weight excluding hydrogens is 418 g/mol. The highest BCUT2D eigenvalue weighted by Gasteiger charge is 2.41. The summed E-state index contributed by atoms with van der Waals surface area (Å²) in [5.41, 5.74) is 1.88. The van der Waals surface area contributed by atoms with Crippen LogP contribution < -0.4 is 10.2 Å². The highest BCUT2D eigenvalue weighted by Crippen LogP contribution is 2.44. The van der Waals surface area contributed by atoms with E-state index in [0.717, 1.165) is 15.9 Å². The molecule has 0 radical (unpaired) electrons. The molecule has 7 heteroatoms. The number of nitrogens with zero attached hydrogens (tertiary/aromatic N) is 2. The van der Waals surface area contributed by atoms with Crippen molar-refractivity contribution in [3.63, 3.8) is 0 Å². The van der Waals surface area contributed by atoms with E-state index in [-0.39, 0.29) is 17.8 Å². The smallest absolute Gasteiger partial charge is 0.174 e. The summed E-state index contributed by atoms with van der Waals surface area (Å²) in [6.45, 7) is 0. The summed E-state index contributed by atoms with van der Waals surface area (Å²) in [5.74, 6) is 0.235. The van der Waals surface area contributed by atoms with E-state index >= 15 is 0 Å². The molecule has 3 heterocycles. The van der Waals surface area contributed by atoms with Crippen molar-refractivity contribution in [2.75, 3.05) is 4.90 Å². The fourth-order valence-corrected chi connectivity index (χ4v) is 4.94. The molecule has 2 atom stereocenters. The first-order valence-electron chi connectivity index (χ1n) is 7.67. The number of halogens is 1. The minimum absolute atomic E-state index is 0.0109. The van der Waals surface area contributed by atoms with E-state index in [1.807, 2.05) is 30.3 Å². The van der Waals surface area contributed by atoms with Crippen LogP contribution in [0.25, 0.3) is 0 Å². The van der Waals surface area contributed by atoms with Crippen molar-refractivity contribution < 1.29 is 5.11 Å². The van der Waals surface area contributed by atoms with Crippen LogP contribution in [0.2, 0.25) is 0 Å². The van der Waals surface area contributed by atoms with Gasteiger partial charge >= 0.3 is 0 Å². The molecule has 1 aliphatic heterocycles. The average Bonchev–Trinajstić information content (AvgIpc) is 3.20. The maximum Gasteiger partial charge on any atom is 0.174 e. The topological polar surface area (TPSA) is 48.4 Å². The lowest BCUT2D eigenvalue weighted by molar-refractivity contribution is 0.475. The third-order valence-electron chi connectivity index (χ3n) is 4.11. The number of aromatic hydroxyl groups is 1. The predicted molar refractivity (Wildman–Crippen MR) is 108 cm³/mol. The maximum absolute atomic E-state index is 9.60. The van der Waals surface area contributed by atoms with E-state index in [4.69, 9.17) is 12.2 Å². The van der Waals surface area contributed by atoms with E-state index in [1.54, 1.807) is 29.7 Å². The minimum Gasteiger partial charge on any atom is -0.508 e. The number of benzene rings is 1. The third kappa shape index (κ3) is 3.15. The summed E-state index contributed by atoms with van der Waals surface area (Å²) >= 11 is 10.9. The van der Waals surface area contributed by atoms with Gasteiger partial charge in [0.25, 0.3) is 0 Å². The molecule has 4 rings (SSSR count). The van der Waals surface area contributed by atoms with E-state index in [9.17, 15) is 5.11 Å². The van der Waals surface area contributed by atoms with Crippen LogP contribution in [-0.2, 0) is 0 Å².